The van der Waals surface area contributed by atoms with Gasteiger partial charge < -0.3 is 9.80 Å². The van der Waals surface area contributed by atoms with E-state index in [1.54, 1.807) is 17.1 Å². The van der Waals surface area contributed by atoms with E-state index >= 15 is 0 Å². The number of hydrogen-bond acceptors (Lipinski definition) is 7. The minimum absolute atomic E-state index is 0.00619. The molecule has 2 aromatic heterocycles. The molecule has 2 aliphatic rings. The minimum atomic E-state index is -0.368. The average Bonchev–Trinajstić information content (AvgIpc) is 3.24. The molecule has 200 valence electrons. The van der Waals surface area contributed by atoms with Gasteiger partial charge in [-0.1, -0.05) is 13.0 Å². The van der Waals surface area contributed by atoms with Crippen LogP contribution in [0, 0.1) is 12.3 Å². The molecule has 3 aromatic rings. The van der Waals surface area contributed by atoms with Crippen molar-refractivity contribution in [2.24, 2.45) is 5.41 Å². The Hall–Kier alpha value is -3.46. The fraction of sp³-hybridized carbons (Fsp3) is 0.517. The van der Waals surface area contributed by atoms with Gasteiger partial charge in [-0.15, -0.1) is 0 Å². The number of unbranched alkanes of at least 4 members (excludes halogenated alkanes) is 1. The molecule has 1 saturated carbocycles. The van der Waals surface area contributed by atoms with Gasteiger partial charge in [0.1, 0.15) is 18.1 Å². The maximum Gasteiger partial charge on any atom is 0.245 e. The fourth-order valence-corrected chi connectivity index (χ4v) is 5.79. The second kappa shape index (κ2) is 10.0. The van der Waals surface area contributed by atoms with Crippen LogP contribution in [-0.4, -0.2) is 79.7 Å². The Morgan fingerprint density at radius 3 is 2.50 bits per heavy atom. The second-order valence-corrected chi connectivity index (χ2v) is 11.4. The maximum atomic E-state index is 13.7. The van der Waals surface area contributed by atoms with Crippen LogP contribution in [0.25, 0.3) is 22.0 Å². The molecule has 0 unspecified atom stereocenters. The number of rotatable bonds is 10. The van der Waals surface area contributed by atoms with E-state index in [0.717, 1.165) is 43.4 Å². The molecule has 1 saturated heterocycles. The van der Waals surface area contributed by atoms with E-state index < -0.39 is 0 Å². The third kappa shape index (κ3) is 4.99. The van der Waals surface area contributed by atoms with Crippen LogP contribution < -0.4 is 0 Å². The van der Waals surface area contributed by atoms with E-state index in [9.17, 15) is 14.4 Å². The summed E-state index contributed by atoms with van der Waals surface area (Å²) in [6, 6.07) is 5.45. The zero-order chi connectivity index (χ0) is 27.2. The Kier molecular flexibility index (Phi) is 6.90. The Bertz CT molecular complexity index is 1400. The van der Waals surface area contributed by atoms with Gasteiger partial charge in [-0.05, 0) is 76.4 Å². The van der Waals surface area contributed by atoms with Crippen LogP contribution >= 0.6 is 0 Å². The van der Waals surface area contributed by atoms with E-state index in [2.05, 4.69) is 26.9 Å². The van der Waals surface area contributed by atoms with Crippen LogP contribution in [0.3, 0.4) is 0 Å². The Morgan fingerprint density at radius 1 is 1.08 bits per heavy atom. The SMILES string of the molecule is CC(=O)c1nn(CC(=O)N2[C@H](C(=O)CCCCN(C)C)C[C@@]3(C)C[C@@H]23)c2ccc(-c3cnc(C)nc3)cc12. The molecule has 0 bridgehead atoms. The number of piperidine rings is 1. The highest BCUT2D eigenvalue weighted by atomic mass is 16.2. The number of aromatic nitrogens is 4. The molecule has 5 rings (SSSR count). The third-order valence-electron chi connectivity index (χ3n) is 8.06. The van der Waals surface area contributed by atoms with Crippen LogP contribution in [0.4, 0.5) is 0 Å². The van der Waals surface area contributed by atoms with Crippen LogP contribution in [0.15, 0.2) is 30.6 Å². The molecule has 0 N–H and O–H groups in total. The molecule has 1 aromatic carbocycles. The summed E-state index contributed by atoms with van der Waals surface area (Å²) >= 11 is 0. The highest BCUT2D eigenvalue weighted by Crippen LogP contribution is 2.59. The monoisotopic (exact) mass is 516 g/mol. The van der Waals surface area contributed by atoms with E-state index in [-0.39, 0.29) is 41.5 Å². The molecule has 2 fully saturated rings. The summed E-state index contributed by atoms with van der Waals surface area (Å²) in [5, 5.41) is 5.24. The molecule has 3 atom stereocenters. The summed E-state index contributed by atoms with van der Waals surface area (Å²) in [6.45, 7) is 6.43. The van der Waals surface area contributed by atoms with Gasteiger partial charge in [-0.3, -0.25) is 19.1 Å². The second-order valence-electron chi connectivity index (χ2n) is 11.4. The zero-order valence-electron chi connectivity index (χ0n) is 22.9. The van der Waals surface area contributed by atoms with Gasteiger partial charge in [-0.25, -0.2) is 9.97 Å². The standard InChI is InChI=1S/C29H36N6O3/c1-18(36)28-22-12-20(21-15-30-19(2)31-16-21)9-10-23(22)34(32-28)17-27(38)35-24(13-29(3)14-26(29)35)25(37)8-6-7-11-33(4)5/h9-10,12,15-16,24,26H,6-8,11,13-14,17H2,1-5H3/t24-,26+,29-/m0/s1. The first-order valence-electron chi connectivity index (χ1n) is 13.4. The zero-order valence-corrected chi connectivity index (χ0v) is 22.9. The largest absolute Gasteiger partial charge is 0.327 e. The molecular weight excluding hydrogens is 480 g/mol. The number of aryl methyl sites for hydroxylation is 1. The first-order valence-corrected chi connectivity index (χ1v) is 13.4. The Morgan fingerprint density at radius 2 is 1.82 bits per heavy atom. The van der Waals surface area contributed by atoms with Crippen LogP contribution in [0.2, 0.25) is 0 Å². The summed E-state index contributed by atoms with van der Waals surface area (Å²) < 4.78 is 1.61. The summed E-state index contributed by atoms with van der Waals surface area (Å²) in [5.41, 5.74) is 2.78. The number of Topliss-reactive ketones (excluding diaryl/α,β-unsaturated/α-hetero) is 2. The van der Waals surface area contributed by atoms with Gasteiger partial charge in [0, 0.05) is 42.7 Å². The highest BCUT2D eigenvalue weighted by molar-refractivity contribution is 6.06. The molecule has 1 aliphatic carbocycles. The van der Waals surface area contributed by atoms with Crippen molar-refractivity contribution in [3.05, 3.63) is 42.1 Å². The summed E-state index contributed by atoms with van der Waals surface area (Å²) in [4.78, 5) is 51.8. The Labute approximate surface area is 223 Å². The lowest BCUT2D eigenvalue weighted by Crippen LogP contribution is -2.44. The van der Waals surface area contributed by atoms with Crippen molar-refractivity contribution < 1.29 is 14.4 Å². The highest BCUT2D eigenvalue weighted by Gasteiger charge is 2.64. The van der Waals surface area contributed by atoms with Gasteiger partial charge in [-0.2, -0.15) is 5.10 Å². The van der Waals surface area contributed by atoms with Gasteiger partial charge >= 0.3 is 0 Å². The molecule has 1 aliphatic heterocycles. The topological polar surface area (TPSA) is 101 Å². The third-order valence-corrected chi connectivity index (χ3v) is 8.06. The lowest BCUT2D eigenvalue weighted by Gasteiger charge is -2.27. The first kappa shape index (κ1) is 26.2. The molecule has 0 spiro atoms. The van der Waals surface area contributed by atoms with Gasteiger partial charge in [0.2, 0.25) is 5.91 Å². The number of likely N-dealkylation sites (tertiary alicyclic amines) is 1. The van der Waals surface area contributed by atoms with Crippen molar-refractivity contribution in [2.45, 2.75) is 71.5 Å². The van der Waals surface area contributed by atoms with E-state index in [1.807, 2.05) is 44.1 Å². The van der Waals surface area contributed by atoms with Crippen molar-refractivity contribution in [2.75, 3.05) is 20.6 Å². The molecule has 0 radical (unpaired) electrons. The number of benzene rings is 1. The summed E-state index contributed by atoms with van der Waals surface area (Å²) in [5.74, 6) is 0.563. The van der Waals surface area contributed by atoms with E-state index in [1.165, 1.54) is 6.92 Å². The van der Waals surface area contributed by atoms with Crippen molar-refractivity contribution >= 4 is 28.4 Å². The van der Waals surface area contributed by atoms with Crippen molar-refractivity contribution in [3.8, 4) is 11.1 Å². The number of ketones is 2. The van der Waals surface area contributed by atoms with Crippen LogP contribution in [0.5, 0.6) is 0 Å². The number of fused-ring (bicyclic) bond motifs is 2. The fourth-order valence-electron chi connectivity index (χ4n) is 5.79. The number of amides is 1. The van der Waals surface area contributed by atoms with Crippen molar-refractivity contribution in [1.29, 1.82) is 0 Å². The predicted octanol–water partition coefficient (Wildman–Crippen LogP) is 3.68. The summed E-state index contributed by atoms with van der Waals surface area (Å²) in [7, 11) is 4.06. The van der Waals surface area contributed by atoms with E-state index in [4.69, 9.17) is 0 Å². The van der Waals surface area contributed by atoms with E-state index in [0.29, 0.717) is 28.8 Å². The maximum absolute atomic E-state index is 13.7. The number of nitrogens with zero attached hydrogens (tertiary/aromatic N) is 6. The van der Waals surface area contributed by atoms with Crippen LogP contribution in [0.1, 0.15) is 62.3 Å². The normalized spacial score (nSPS) is 22.2. The molecule has 3 heterocycles. The quantitative estimate of drug-likeness (QED) is 0.299. The lowest BCUT2D eigenvalue weighted by atomic mass is 9.96. The van der Waals surface area contributed by atoms with Gasteiger partial charge in [0.25, 0.3) is 0 Å². The van der Waals surface area contributed by atoms with Gasteiger partial charge in [0.15, 0.2) is 11.6 Å². The molecule has 9 heteroatoms. The first-order chi connectivity index (χ1) is 18.1. The number of hydrogen-bond donors (Lipinski definition) is 0. The lowest BCUT2D eigenvalue weighted by molar-refractivity contribution is -0.139. The smallest absolute Gasteiger partial charge is 0.245 e. The van der Waals surface area contributed by atoms with Crippen molar-refractivity contribution in [1.82, 2.24) is 29.5 Å². The molecule has 9 nitrogen and oxygen atoms in total. The predicted molar refractivity (Wildman–Crippen MR) is 145 cm³/mol. The van der Waals surface area contributed by atoms with Crippen LogP contribution in [-0.2, 0) is 16.1 Å². The van der Waals surface area contributed by atoms with Crippen molar-refractivity contribution in [3.63, 3.8) is 0 Å². The van der Waals surface area contributed by atoms with Gasteiger partial charge in [0.05, 0.1) is 11.6 Å². The average molecular weight is 517 g/mol. The molecular formula is C29H36N6O3. The summed E-state index contributed by atoms with van der Waals surface area (Å²) in [6.07, 6.45) is 7.46. The molecule has 1 amide bonds. The minimum Gasteiger partial charge on any atom is -0.327 e. The molecule has 38 heavy (non-hydrogen) atoms. The number of carbonyl (C=O) groups is 3. The number of carbonyl (C=O) groups excluding carboxylic acids is 3. The Balaban J connectivity index is 1.38.